The fraction of sp³-hybridized carbons (Fsp3) is 0.774. The van der Waals surface area contributed by atoms with E-state index in [0.29, 0.717) is 38.2 Å². The molecule has 3 aromatic rings. The van der Waals surface area contributed by atoms with E-state index in [0.717, 1.165) is 30.6 Å². The normalized spacial score (nSPS) is 38.0. The first-order valence-electron chi connectivity index (χ1n) is 26.5. The average Bonchev–Trinajstić information content (AvgIpc) is 4.05. The number of ether oxygens (including phenoxy) is 6. The maximum absolute atomic E-state index is 14.3. The minimum Gasteiger partial charge on any atom is -0.448 e. The third-order valence-electron chi connectivity index (χ3n) is 16.0. The first-order valence-corrected chi connectivity index (χ1v) is 27.7. The molecular formula is C53H85IN8O13. The molecule has 0 unspecified atom stereocenters. The number of aryl methyl sites for hydroxylation is 2. The van der Waals surface area contributed by atoms with Gasteiger partial charge >= 0.3 is 5.97 Å². The topological polar surface area (TPSA) is 259 Å². The van der Waals surface area contributed by atoms with E-state index < -0.39 is 100 Å². The summed E-state index contributed by atoms with van der Waals surface area (Å²) in [5.74, 6) is -2.95. The van der Waals surface area contributed by atoms with Crippen LogP contribution in [0.3, 0.4) is 0 Å². The average molecular weight is 1170 g/mol. The van der Waals surface area contributed by atoms with E-state index in [-0.39, 0.29) is 30.6 Å². The number of nitrogens with zero attached hydrogens (tertiary/aromatic N) is 8. The standard InChI is InChI=1S/C53H85IN8O13/c1-30-25-51(8,68)47(32(3)44(73-42-26-52(9,70-13)46(66)36(7)72-42)33(4)48(67)75-50(54)53(10,69)45(65)34(5)60(12)27-30)74-49-43(64)41(24-31(2)71-49)59(11)23-21-38-28-61(57-55-38)22-15-14-16-37-17-19-39(20-18-37)62-29-40(35(6)63)56-58-62/h17-20,28-34,36,41-47,49-50,64-66,68-69H,14-16,21-27H2,1-13H3/t30-,31-,32+,33-,34-,36+,41+,42+,43-,44+,45-,46+,47-,49+,50+,51-,52-,53+/m1/s1. The van der Waals surface area contributed by atoms with E-state index in [2.05, 4.69) is 37.7 Å². The second-order valence-electron chi connectivity index (χ2n) is 22.6. The Morgan fingerprint density at radius 2 is 1.61 bits per heavy atom. The van der Waals surface area contributed by atoms with Crippen LogP contribution in [0, 0.1) is 17.8 Å². The molecule has 0 bridgehead atoms. The van der Waals surface area contributed by atoms with Gasteiger partial charge in [-0.25, -0.2) is 4.68 Å². The van der Waals surface area contributed by atoms with Gasteiger partial charge in [-0.05, 0) is 141 Å². The van der Waals surface area contributed by atoms with Crippen LogP contribution in [-0.2, 0) is 52.6 Å². The highest BCUT2D eigenvalue weighted by Gasteiger charge is 2.53. The molecule has 0 amide bonds. The summed E-state index contributed by atoms with van der Waals surface area (Å²) in [6.07, 6.45) is -1.27. The second-order valence-corrected chi connectivity index (χ2v) is 23.7. The Kier molecular flexibility index (Phi) is 21.0. The number of unbranched alkanes of at least 4 members (excludes halogenated alkanes) is 1. The molecule has 0 aliphatic carbocycles. The van der Waals surface area contributed by atoms with Crippen LogP contribution in [0.1, 0.15) is 123 Å². The Bertz CT molecular complexity index is 2300. The number of esters is 1. The Morgan fingerprint density at radius 1 is 0.920 bits per heavy atom. The van der Waals surface area contributed by atoms with Crippen LogP contribution < -0.4 is 0 Å². The number of alkyl halides is 1. The number of rotatable bonds is 16. The Morgan fingerprint density at radius 3 is 2.27 bits per heavy atom. The lowest BCUT2D eigenvalue weighted by Crippen LogP contribution is -2.60. The number of cyclic esters (lactones) is 1. The van der Waals surface area contributed by atoms with Gasteiger partial charge in [-0.1, -0.05) is 36.4 Å². The molecule has 0 spiro atoms. The van der Waals surface area contributed by atoms with Gasteiger partial charge in [0.2, 0.25) is 0 Å². The third kappa shape index (κ3) is 15.0. The van der Waals surface area contributed by atoms with Crippen LogP contribution in [0.15, 0.2) is 36.7 Å². The van der Waals surface area contributed by atoms with Gasteiger partial charge < -0.3 is 63.8 Å². The largest absolute Gasteiger partial charge is 0.448 e. The number of ketones is 1. The van der Waals surface area contributed by atoms with Gasteiger partial charge in [0, 0.05) is 70.7 Å². The number of hydrogen-bond acceptors (Lipinski definition) is 19. The number of methoxy groups -OCH3 is 1. The van der Waals surface area contributed by atoms with Crippen molar-refractivity contribution < 1.29 is 63.5 Å². The monoisotopic (exact) mass is 1170 g/mol. The molecule has 3 aliphatic heterocycles. The number of benzene rings is 1. The summed E-state index contributed by atoms with van der Waals surface area (Å²) in [5, 5.41) is 76.2. The van der Waals surface area contributed by atoms with Gasteiger partial charge in [-0.3, -0.25) is 14.3 Å². The second kappa shape index (κ2) is 25.8. The molecule has 1 aromatic carbocycles. The lowest BCUT2D eigenvalue weighted by Gasteiger charge is -2.49. The van der Waals surface area contributed by atoms with E-state index in [9.17, 15) is 35.1 Å². The number of aliphatic hydroxyl groups is 5. The maximum atomic E-state index is 14.3. The van der Waals surface area contributed by atoms with E-state index in [1.54, 1.807) is 45.5 Å². The number of carbonyl (C=O) groups excluding carboxylic acids is 2. The number of aliphatic hydroxyl groups excluding tert-OH is 3. The van der Waals surface area contributed by atoms with Crippen molar-refractivity contribution in [2.24, 2.45) is 17.8 Å². The Labute approximate surface area is 456 Å². The lowest BCUT2D eigenvalue weighted by molar-refractivity contribution is -0.318. The van der Waals surface area contributed by atoms with E-state index >= 15 is 0 Å². The van der Waals surface area contributed by atoms with E-state index in [1.807, 2.05) is 85.4 Å². The lowest BCUT2D eigenvalue weighted by atomic mass is 9.77. The van der Waals surface area contributed by atoms with Crippen LogP contribution in [0.4, 0.5) is 0 Å². The zero-order chi connectivity index (χ0) is 55.3. The highest BCUT2D eigenvalue weighted by atomic mass is 127. The number of likely N-dealkylation sites (N-methyl/N-ethyl adjacent to an activating group) is 2. The summed E-state index contributed by atoms with van der Waals surface area (Å²) in [4.78, 5) is 29.9. The summed E-state index contributed by atoms with van der Waals surface area (Å²) in [7, 11) is 5.27. The minimum atomic E-state index is -1.86. The van der Waals surface area contributed by atoms with Crippen LogP contribution in [0.25, 0.3) is 5.69 Å². The molecule has 6 rings (SSSR count). The fourth-order valence-corrected chi connectivity index (χ4v) is 11.7. The molecule has 0 saturated carbocycles. The summed E-state index contributed by atoms with van der Waals surface area (Å²) in [6.45, 7) is 18.8. The van der Waals surface area contributed by atoms with Crippen molar-refractivity contribution in [2.75, 3.05) is 34.3 Å². The van der Waals surface area contributed by atoms with Crippen molar-refractivity contribution in [1.82, 2.24) is 39.8 Å². The predicted octanol–water partition coefficient (Wildman–Crippen LogP) is 3.89. The molecule has 18 atom stereocenters. The molecule has 22 heteroatoms. The quantitative estimate of drug-likeness (QED) is 0.0448. The number of carbonyl (C=O) groups is 2. The van der Waals surface area contributed by atoms with Crippen LogP contribution in [0.2, 0.25) is 0 Å². The minimum absolute atomic E-state index is 0.0983. The van der Waals surface area contributed by atoms with Gasteiger partial charge in [-0.15, -0.1) is 10.2 Å². The van der Waals surface area contributed by atoms with Crippen molar-refractivity contribution in [3.63, 3.8) is 0 Å². The number of hydrogen-bond donors (Lipinski definition) is 5. The van der Waals surface area contributed by atoms with Crippen LogP contribution in [-0.4, -0.2) is 200 Å². The van der Waals surface area contributed by atoms with Crippen molar-refractivity contribution in [1.29, 1.82) is 0 Å². The summed E-state index contributed by atoms with van der Waals surface area (Å²) in [5.41, 5.74) is -1.39. The van der Waals surface area contributed by atoms with Crippen molar-refractivity contribution in [3.05, 3.63) is 53.6 Å². The van der Waals surface area contributed by atoms with Crippen LogP contribution >= 0.6 is 22.6 Å². The molecule has 5 N–H and O–H groups in total. The molecular weight excluding hydrogens is 1080 g/mol. The molecule has 21 nitrogen and oxygen atoms in total. The molecule has 5 heterocycles. The zero-order valence-corrected chi connectivity index (χ0v) is 48.3. The van der Waals surface area contributed by atoms with Crippen LogP contribution in [0.5, 0.6) is 0 Å². The van der Waals surface area contributed by atoms with E-state index in [4.69, 9.17) is 28.4 Å². The highest BCUT2D eigenvalue weighted by Crippen LogP contribution is 2.40. The molecule has 3 fully saturated rings. The number of Topliss-reactive ketones (excluding diaryl/α,β-unsaturated/α-hetero) is 1. The van der Waals surface area contributed by atoms with Gasteiger partial charge in [0.25, 0.3) is 0 Å². The third-order valence-corrected chi connectivity index (χ3v) is 17.5. The number of halogens is 1. The summed E-state index contributed by atoms with van der Waals surface area (Å²) >= 11 is 1.83. The van der Waals surface area contributed by atoms with Crippen molar-refractivity contribution >= 4 is 34.3 Å². The fourth-order valence-electron chi connectivity index (χ4n) is 11.1. The van der Waals surface area contributed by atoms with Crippen molar-refractivity contribution in [2.45, 2.75) is 209 Å². The maximum Gasteiger partial charge on any atom is 0.312 e. The highest BCUT2D eigenvalue weighted by molar-refractivity contribution is 14.1. The zero-order valence-electron chi connectivity index (χ0n) is 46.2. The van der Waals surface area contributed by atoms with E-state index in [1.165, 1.54) is 26.5 Å². The van der Waals surface area contributed by atoms with Gasteiger partial charge in [0.05, 0.1) is 59.1 Å². The Balaban J connectivity index is 1.16. The summed E-state index contributed by atoms with van der Waals surface area (Å²) in [6, 6.07) is 7.05. The first kappa shape index (κ1) is 61.1. The predicted molar refractivity (Wildman–Crippen MR) is 285 cm³/mol. The first-order chi connectivity index (χ1) is 35.1. The molecule has 2 aromatic heterocycles. The molecule has 3 aliphatic rings. The van der Waals surface area contributed by atoms with Gasteiger partial charge in [0.15, 0.2) is 22.5 Å². The molecule has 3 saturated heterocycles. The molecule has 422 valence electrons. The Hall–Kier alpha value is -3.11. The summed E-state index contributed by atoms with van der Waals surface area (Å²) < 4.78 is 40.4. The number of aromatic nitrogens is 6. The van der Waals surface area contributed by atoms with Gasteiger partial charge in [-0.2, -0.15) is 0 Å². The molecule has 75 heavy (non-hydrogen) atoms. The van der Waals surface area contributed by atoms with Crippen molar-refractivity contribution in [3.8, 4) is 5.69 Å². The SMILES string of the molecule is CO[C@]1(C)C[C@H](O[C@H]2[C@H](C)[C@@H](O[C@@H]3O[C@H](C)C[C@H](N(C)CCc4cn(CCCCc5ccc(-n6cc(C(C)=O)nn6)cc5)nn4)[C@H]3O)[C@](C)(O)C[C@@H](C)CN(C)[C@H](C)[C@@H](O)[C@](C)(O)[C@@H](I)OC(=O)[C@@H]2C)O[C@@H](C)[C@@H]1O. The smallest absolute Gasteiger partial charge is 0.312 e. The van der Waals surface area contributed by atoms with Gasteiger partial charge in [0.1, 0.15) is 29.6 Å². The molecule has 0 radical (unpaired) electrons.